The van der Waals surface area contributed by atoms with Crippen molar-refractivity contribution in [3.8, 4) is 6.07 Å². The van der Waals surface area contributed by atoms with Gasteiger partial charge in [0.25, 0.3) is 5.69 Å². The van der Waals surface area contributed by atoms with E-state index in [0.29, 0.717) is 0 Å². The van der Waals surface area contributed by atoms with Crippen molar-refractivity contribution in [3.63, 3.8) is 0 Å². The van der Waals surface area contributed by atoms with Gasteiger partial charge in [0.1, 0.15) is 6.07 Å². The van der Waals surface area contributed by atoms with Crippen LogP contribution in [0.5, 0.6) is 0 Å². The van der Waals surface area contributed by atoms with Gasteiger partial charge in [-0.3, -0.25) is 14.9 Å². The van der Waals surface area contributed by atoms with Crippen molar-refractivity contribution in [2.75, 3.05) is 5.32 Å². The van der Waals surface area contributed by atoms with Crippen LogP contribution in [0, 0.1) is 21.4 Å². The van der Waals surface area contributed by atoms with Gasteiger partial charge in [0.05, 0.1) is 22.2 Å². The lowest BCUT2D eigenvalue weighted by Crippen LogP contribution is -2.32. The molecule has 0 aliphatic carbocycles. The summed E-state index contributed by atoms with van der Waals surface area (Å²) in [4.78, 5) is 21.2. The summed E-state index contributed by atoms with van der Waals surface area (Å²) in [7, 11) is 0. The average Bonchev–Trinajstić information content (AvgIpc) is 2.28. The molecule has 1 atom stereocenters. The van der Waals surface area contributed by atoms with Crippen molar-refractivity contribution in [1.29, 1.82) is 5.26 Å². The molecule has 0 aliphatic heterocycles. The number of rotatable bonds is 3. The standard InChI is InChI=1S/C10H10N4O3/c1-6(12)10(15)13-9-3-2-8(14(16)17)4-7(9)5-11/h2-4,6H,12H2,1H3,(H,13,15)/t6-/m0/s1. The second-order valence-corrected chi connectivity index (χ2v) is 3.38. The third kappa shape index (κ3) is 2.99. The number of hydrogen-bond donors (Lipinski definition) is 2. The summed E-state index contributed by atoms with van der Waals surface area (Å²) in [6, 6.07) is 4.65. The second kappa shape index (κ2) is 5.05. The number of non-ortho nitro benzene ring substituents is 1. The van der Waals surface area contributed by atoms with E-state index in [1.807, 2.05) is 0 Å². The minimum atomic E-state index is -0.725. The molecule has 0 unspecified atom stereocenters. The van der Waals surface area contributed by atoms with Gasteiger partial charge in [-0.05, 0) is 13.0 Å². The Morgan fingerprint density at radius 2 is 2.29 bits per heavy atom. The number of carbonyl (C=O) groups excluding carboxylic acids is 1. The van der Waals surface area contributed by atoms with E-state index in [-0.39, 0.29) is 16.9 Å². The number of nitro benzene ring substituents is 1. The summed E-state index contributed by atoms with van der Waals surface area (Å²) in [5, 5.41) is 21.7. The Labute approximate surface area is 97.0 Å². The van der Waals surface area contributed by atoms with Crippen LogP contribution in [-0.4, -0.2) is 16.9 Å². The molecule has 0 aliphatic rings. The van der Waals surface area contributed by atoms with Crippen molar-refractivity contribution in [3.05, 3.63) is 33.9 Å². The third-order valence-electron chi connectivity index (χ3n) is 2.01. The lowest BCUT2D eigenvalue weighted by molar-refractivity contribution is -0.384. The molecule has 17 heavy (non-hydrogen) atoms. The number of nitrogens with two attached hydrogens (primary N) is 1. The first-order valence-corrected chi connectivity index (χ1v) is 4.70. The summed E-state index contributed by atoms with van der Waals surface area (Å²) in [6.45, 7) is 1.49. The molecule has 1 amide bonds. The van der Waals surface area contributed by atoms with Crippen molar-refractivity contribution >= 4 is 17.3 Å². The van der Waals surface area contributed by atoms with E-state index in [1.165, 1.54) is 19.1 Å². The van der Waals surface area contributed by atoms with E-state index in [0.717, 1.165) is 6.07 Å². The van der Waals surface area contributed by atoms with E-state index in [9.17, 15) is 14.9 Å². The lowest BCUT2D eigenvalue weighted by atomic mass is 10.1. The Bertz CT molecular complexity index is 505. The normalized spacial score (nSPS) is 11.4. The molecule has 0 bridgehead atoms. The maximum absolute atomic E-state index is 11.3. The zero-order chi connectivity index (χ0) is 13.0. The molecular formula is C10H10N4O3. The smallest absolute Gasteiger partial charge is 0.270 e. The summed E-state index contributed by atoms with van der Waals surface area (Å²) in [6.07, 6.45) is 0. The van der Waals surface area contributed by atoms with Crippen LogP contribution in [-0.2, 0) is 4.79 Å². The maximum atomic E-state index is 11.3. The van der Waals surface area contributed by atoms with Crippen molar-refractivity contribution in [1.82, 2.24) is 0 Å². The number of amides is 1. The van der Waals surface area contributed by atoms with Crippen molar-refractivity contribution in [2.45, 2.75) is 13.0 Å². The van der Waals surface area contributed by atoms with Gasteiger partial charge in [-0.15, -0.1) is 0 Å². The Morgan fingerprint density at radius 3 is 2.76 bits per heavy atom. The monoisotopic (exact) mass is 234 g/mol. The number of benzene rings is 1. The second-order valence-electron chi connectivity index (χ2n) is 3.38. The topological polar surface area (TPSA) is 122 Å². The van der Waals surface area contributed by atoms with Crippen LogP contribution in [0.1, 0.15) is 12.5 Å². The van der Waals surface area contributed by atoms with Crippen LogP contribution in [0.15, 0.2) is 18.2 Å². The van der Waals surface area contributed by atoms with Crippen LogP contribution in [0.4, 0.5) is 11.4 Å². The number of nitrogens with one attached hydrogen (secondary N) is 1. The Morgan fingerprint density at radius 1 is 1.65 bits per heavy atom. The SMILES string of the molecule is C[C@H](N)C(=O)Nc1ccc([N+](=O)[O-])cc1C#N. The molecule has 3 N–H and O–H groups in total. The zero-order valence-electron chi connectivity index (χ0n) is 9.01. The Hall–Kier alpha value is -2.46. The molecule has 1 aromatic carbocycles. The number of nitriles is 1. The highest BCUT2D eigenvalue weighted by atomic mass is 16.6. The first-order chi connectivity index (χ1) is 7.95. The Balaban J connectivity index is 3.06. The predicted molar refractivity (Wildman–Crippen MR) is 60.1 cm³/mol. The third-order valence-corrected chi connectivity index (χ3v) is 2.01. The highest BCUT2D eigenvalue weighted by Crippen LogP contribution is 2.21. The molecule has 0 saturated carbocycles. The highest BCUT2D eigenvalue weighted by Gasteiger charge is 2.14. The molecule has 0 fully saturated rings. The van der Waals surface area contributed by atoms with Gasteiger partial charge in [0.2, 0.25) is 5.91 Å². The van der Waals surface area contributed by atoms with E-state index in [4.69, 9.17) is 11.0 Å². The fourth-order valence-corrected chi connectivity index (χ4v) is 1.09. The van der Waals surface area contributed by atoms with Gasteiger partial charge in [-0.25, -0.2) is 0 Å². The summed E-state index contributed by atoms with van der Waals surface area (Å²) < 4.78 is 0. The van der Waals surface area contributed by atoms with E-state index < -0.39 is 16.9 Å². The van der Waals surface area contributed by atoms with E-state index in [1.54, 1.807) is 6.07 Å². The molecule has 7 nitrogen and oxygen atoms in total. The van der Waals surface area contributed by atoms with Gasteiger partial charge < -0.3 is 11.1 Å². The van der Waals surface area contributed by atoms with Crippen molar-refractivity contribution in [2.24, 2.45) is 5.73 Å². The largest absolute Gasteiger partial charge is 0.324 e. The first-order valence-electron chi connectivity index (χ1n) is 4.70. The molecule has 0 aromatic heterocycles. The summed E-state index contributed by atoms with van der Waals surface area (Å²) in [5.74, 6) is -0.463. The van der Waals surface area contributed by atoms with Crippen molar-refractivity contribution < 1.29 is 9.72 Å². The molecule has 0 radical (unpaired) electrons. The highest BCUT2D eigenvalue weighted by molar-refractivity contribution is 5.95. The lowest BCUT2D eigenvalue weighted by Gasteiger charge is -2.08. The van der Waals surface area contributed by atoms with Gasteiger partial charge in [-0.2, -0.15) is 5.26 Å². The fourth-order valence-electron chi connectivity index (χ4n) is 1.09. The summed E-state index contributed by atoms with van der Waals surface area (Å²) >= 11 is 0. The molecule has 88 valence electrons. The van der Waals surface area contributed by atoms with Crippen LogP contribution in [0.2, 0.25) is 0 Å². The molecule has 1 aromatic rings. The minimum absolute atomic E-state index is 0.0215. The molecule has 0 saturated heterocycles. The van der Waals surface area contributed by atoms with Crippen LogP contribution in [0.25, 0.3) is 0 Å². The van der Waals surface area contributed by atoms with Gasteiger partial charge in [-0.1, -0.05) is 0 Å². The van der Waals surface area contributed by atoms with Gasteiger partial charge in [0, 0.05) is 12.1 Å². The average molecular weight is 234 g/mol. The molecular weight excluding hydrogens is 224 g/mol. The van der Waals surface area contributed by atoms with Crippen LogP contribution < -0.4 is 11.1 Å². The fraction of sp³-hybridized carbons (Fsp3) is 0.200. The number of nitro groups is 1. The van der Waals surface area contributed by atoms with Gasteiger partial charge in [0.15, 0.2) is 0 Å². The molecule has 1 rings (SSSR count). The molecule has 0 heterocycles. The summed E-state index contributed by atoms with van der Waals surface area (Å²) in [5.41, 5.74) is 5.37. The van der Waals surface area contributed by atoms with Crippen LogP contribution >= 0.6 is 0 Å². The first kappa shape index (κ1) is 12.6. The number of hydrogen-bond acceptors (Lipinski definition) is 5. The van der Waals surface area contributed by atoms with E-state index in [2.05, 4.69) is 5.32 Å². The molecule has 0 spiro atoms. The predicted octanol–water partition coefficient (Wildman–Crippen LogP) is 0.752. The number of nitrogens with zero attached hydrogens (tertiary/aromatic N) is 2. The maximum Gasteiger partial charge on any atom is 0.270 e. The minimum Gasteiger partial charge on any atom is -0.324 e. The Kier molecular flexibility index (Phi) is 3.74. The van der Waals surface area contributed by atoms with Gasteiger partial charge >= 0.3 is 0 Å². The zero-order valence-corrected chi connectivity index (χ0v) is 9.01. The van der Waals surface area contributed by atoms with E-state index >= 15 is 0 Å². The number of anilines is 1. The van der Waals surface area contributed by atoms with Crippen LogP contribution in [0.3, 0.4) is 0 Å². The quantitative estimate of drug-likeness (QED) is 0.590. The number of carbonyl (C=O) groups is 1. The molecule has 7 heteroatoms.